The van der Waals surface area contributed by atoms with Crippen LogP contribution in [0.1, 0.15) is 24.2 Å². The monoisotopic (exact) mass is 429 g/mol. The van der Waals surface area contributed by atoms with Crippen LogP contribution in [0.5, 0.6) is 5.75 Å². The number of anilines is 1. The summed E-state index contributed by atoms with van der Waals surface area (Å²) in [5, 5.41) is 0.704. The molecule has 1 amide bonds. The van der Waals surface area contributed by atoms with Gasteiger partial charge in [-0.1, -0.05) is 31.3 Å². The Morgan fingerprint density at radius 1 is 1.10 bits per heavy atom. The number of carbonyl (C=O) groups is 1. The van der Waals surface area contributed by atoms with Crippen molar-refractivity contribution in [1.82, 2.24) is 9.88 Å². The minimum Gasteiger partial charge on any atom is -0.494 e. The molecule has 0 radical (unpaired) electrons. The number of ether oxygens (including phenoxy) is 1. The molecule has 0 atom stereocenters. The van der Waals surface area contributed by atoms with Gasteiger partial charge in [0, 0.05) is 23.5 Å². The molecular formula is C22H27N3O2S2. The molecule has 0 saturated carbocycles. The fraction of sp³-hybridized carbons (Fsp3) is 0.364. The van der Waals surface area contributed by atoms with Crippen LogP contribution in [0.25, 0.3) is 10.2 Å². The Bertz CT molecular complexity index is 952. The predicted octanol–water partition coefficient (Wildman–Crippen LogP) is 5.02. The van der Waals surface area contributed by atoms with Crippen LogP contribution in [0.2, 0.25) is 0 Å². The third-order valence-electron chi connectivity index (χ3n) is 4.94. The van der Waals surface area contributed by atoms with Crippen LogP contribution >= 0.6 is 23.1 Å². The maximum absolute atomic E-state index is 13.4. The molecule has 3 aromatic rings. The quantitative estimate of drug-likeness (QED) is 0.447. The molecule has 0 aliphatic heterocycles. The van der Waals surface area contributed by atoms with Crippen LogP contribution in [-0.4, -0.2) is 55.3 Å². The number of methoxy groups -OCH3 is 1. The Hall–Kier alpha value is -2.09. The van der Waals surface area contributed by atoms with E-state index in [1.807, 2.05) is 48.7 Å². The number of likely N-dealkylation sites (N-methyl/N-ethyl adjacent to an activating group) is 1. The van der Waals surface area contributed by atoms with Crippen LogP contribution in [0, 0.1) is 0 Å². The van der Waals surface area contributed by atoms with Gasteiger partial charge < -0.3 is 9.64 Å². The fourth-order valence-electron chi connectivity index (χ4n) is 3.15. The molecule has 2 aromatic carbocycles. The summed E-state index contributed by atoms with van der Waals surface area (Å²) >= 11 is 3.19. The fourth-order valence-corrected chi connectivity index (χ4v) is 4.56. The number of para-hydroxylation sites is 1. The first-order valence-electron chi connectivity index (χ1n) is 9.73. The van der Waals surface area contributed by atoms with Gasteiger partial charge in [-0.15, -0.1) is 11.8 Å². The van der Waals surface area contributed by atoms with E-state index < -0.39 is 0 Å². The third kappa shape index (κ3) is 4.91. The highest BCUT2D eigenvalue weighted by atomic mass is 32.2. The van der Waals surface area contributed by atoms with Gasteiger partial charge in [0.25, 0.3) is 5.91 Å². The first kappa shape index (κ1) is 21.6. The Balaban J connectivity index is 1.96. The van der Waals surface area contributed by atoms with Gasteiger partial charge in [0.1, 0.15) is 11.3 Å². The normalized spacial score (nSPS) is 11.2. The highest BCUT2D eigenvalue weighted by Gasteiger charge is 2.22. The van der Waals surface area contributed by atoms with Crippen molar-refractivity contribution < 1.29 is 9.53 Å². The van der Waals surface area contributed by atoms with Crippen molar-refractivity contribution in [3.63, 3.8) is 0 Å². The number of hydrogen-bond donors (Lipinski definition) is 0. The largest absolute Gasteiger partial charge is 0.494 e. The summed E-state index contributed by atoms with van der Waals surface area (Å²) in [6.45, 7) is 7.57. The van der Waals surface area contributed by atoms with Crippen LogP contribution in [-0.2, 0) is 0 Å². The minimum absolute atomic E-state index is 0.0252. The number of fused-ring (bicyclic) bond motifs is 1. The lowest BCUT2D eigenvalue weighted by Crippen LogP contribution is -2.38. The third-order valence-corrected chi connectivity index (χ3v) is 6.73. The summed E-state index contributed by atoms with van der Waals surface area (Å²) < 4.78 is 6.47. The van der Waals surface area contributed by atoms with Gasteiger partial charge in [-0.3, -0.25) is 9.69 Å². The van der Waals surface area contributed by atoms with Gasteiger partial charge in [0.15, 0.2) is 5.13 Å². The standard InChI is InChI=1S/C22H27N3O2S2/c1-5-24(6-2)14-15-25(21(26)16-10-12-17(28-4)13-11-16)22-23-20-18(27-3)8-7-9-19(20)29-22/h7-13H,5-6,14-15H2,1-4H3. The molecule has 0 N–H and O–H groups in total. The number of nitrogens with zero attached hydrogens (tertiary/aromatic N) is 3. The molecule has 0 spiro atoms. The molecule has 0 bridgehead atoms. The maximum Gasteiger partial charge on any atom is 0.260 e. The molecule has 1 aromatic heterocycles. The number of hydrogen-bond acceptors (Lipinski definition) is 6. The van der Waals surface area contributed by atoms with Crippen LogP contribution in [0.4, 0.5) is 5.13 Å². The zero-order valence-corrected chi connectivity index (χ0v) is 19.0. The van der Waals surface area contributed by atoms with E-state index in [2.05, 4.69) is 18.7 Å². The van der Waals surface area contributed by atoms with Crippen LogP contribution in [0.3, 0.4) is 0 Å². The van der Waals surface area contributed by atoms with Gasteiger partial charge in [-0.2, -0.15) is 0 Å². The summed E-state index contributed by atoms with van der Waals surface area (Å²) in [7, 11) is 1.64. The number of amides is 1. The maximum atomic E-state index is 13.4. The highest BCUT2D eigenvalue weighted by molar-refractivity contribution is 7.98. The molecule has 7 heteroatoms. The number of thiazole rings is 1. The van der Waals surface area contributed by atoms with Gasteiger partial charge in [0.2, 0.25) is 0 Å². The van der Waals surface area contributed by atoms with E-state index in [0.717, 1.165) is 40.5 Å². The summed E-state index contributed by atoms with van der Waals surface area (Å²) in [5.41, 5.74) is 1.47. The second-order valence-electron chi connectivity index (χ2n) is 6.52. The van der Waals surface area contributed by atoms with E-state index in [-0.39, 0.29) is 5.91 Å². The molecule has 0 aliphatic carbocycles. The van der Waals surface area contributed by atoms with Crippen molar-refractivity contribution in [2.24, 2.45) is 0 Å². The van der Waals surface area contributed by atoms with Gasteiger partial charge in [-0.25, -0.2) is 4.98 Å². The first-order valence-corrected chi connectivity index (χ1v) is 11.8. The van der Waals surface area contributed by atoms with Crippen LogP contribution in [0.15, 0.2) is 47.4 Å². The Morgan fingerprint density at radius 2 is 1.83 bits per heavy atom. The highest BCUT2D eigenvalue weighted by Crippen LogP contribution is 2.34. The SMILES string of the molecule is CCN(CC)CCN(C(=O)c1ccc(SC)cc1)c1nc2c(OC)cccc2s1. The van der Waals surface area contributed by atoms with E-state index in [4.69, 9.17) is 9.72 Å². The summed E-state index contributed by atoms with van der Waals surface area (Å²) in [5.74, 6) is 0.702. The predicted molar refractivity (Wildman–Crippen MR) is 124 cm³/mol. The van der Waals surface area contributed by atoms with E-state index in [1.165, 1.54) is 11.3 Å². The topological polar surface area (TPSA) is 45.7 Å². The number of aromatic nitrogens is 1. The number of carbonyl (C=O) groups excluding carboxylic acids is 1. The molecule has 5 nitrogen and oxygen atoms in total. The number of rotatable bonds is 9. The lowest BCUT2D eigenvalue weighted by molar-refractivity contribution is 0.0983. The van der Waals surface area contributed by atoms with Crippen molar-refractivity contribution in [3.8, 4) is 5.75 Å². The lowest BCUT2D eigenvalue weighted by Gasteiger charge is -2.24. The van der Waals surface area contributed by atoms with Crippen molar-refractivity contribution in [2.75, 3.05) is 44.4 Å². The smallest absolute Gasteiger partial charge is 0.260 e. The van der Waals surface area contributed by atoms with E-state index in [1.54, 1.807) is 23.8 Å². The van der Waals surface area contributed by atoms with E-state index in [0.29, 0.717) is 17.2 Å². The lowest BCUT2D eigenvalue weighted by atomic mass is 10.2. The zero-order valence-electron chi connectivity index (χ0n) is 17.3. The molecule has 3 rings (SSSR count). The van der Waals surface area contributed by atoms with E-state index in [9.17, 15) is 4.79 Å². The summed E-state index contributed by atoms with van der Waals surface area (Å²) in [4.78, 5) is 23.4. The molecule has 154 valence electrons. The number of benzene rings is 2. The average Bonchev–Trinajstić information content (AvgIpc) is 3.20. The molecule has 29 heavy (non-hydrogen) atoms. The summed E-state index contributed by atoms with van der Waals surface area (Å²) in [6, 6.07) is 13.6. The second-order valence-corrected chi connectivity index (χ2v) is 8.40. The van der Waals surface area contributed by atoms with Crippen molar-refractivity contribution in [3.05, 3.63) is 48.0 Å². The molecule has 1 heterocycles. The number of thioether (sulfide) groups is 1. The Labute approximate surface area is 180 Å². The van der Waals surface area contributed by atoms with E-state index >= 15 is 0 Å². The average molecular weight is 430 g/mol. The second kappa shape index (κ2) is 10.1. The van der Waals surface area contributed by atoms with Crippen molar-refractivity contribution in [1.29, 1.82) is 0 Å². The molecule has 0 saturated heterocycles. The van der Waals surface area contributed by atoms with Crippen LogP contribution < -0.4 is 9.64 Å². The molecule has 0 aliphatic rings. The summed E-state index contributed by atoms with van der Waals surface area (Å²) in [6.07, 6.45) is 2.03. The zero-order chi connectivity index (χ0) is 20.8. The minimum atomic E-state index is -0.0252. The van der Waals surface area contributed by atoms with Crippen molar-refractivity contribution in [2.45, 2.75) is 18.7 Å². The van der Waals surface area contributed by atoms with Crippen molar-refractivity contribution >= 4 is 44.4 Å². The molecule has 0 unspecified atom stereocenters. The Morgan fingerprint density at radius 3 is 2.45 bits per heavy atom. The first-order chi connectivity index (χ1) is 14.1. The van der Waals surface area contributed by atoms with Gasteiger partial charge in [-0.05, 0) is 55.7 Å². The molecular weight excluding hydrogens is 402 g/mol. The Kier molecular flexibility index (Phi) is 7.52. The van der Waals surface area contributed by atoms with Gasteiger partial charge >= 0.3 is 0 Å². The molecule has 0 fully saturated rings. The van der Waals surface area contributed by atoms with Gasteiger partial charge in [0.05, 0.1) is 11.8 Å².